The number of likely N-dealkylation sites (N-methyl/N-ethyl adjacent to an activating group) is 1. The van der Waals surface area contributed by atoms with Gasteiger partial charge in [0, 0.05) is 30.7 Å². The minimum absolute atomic E-state index is 0. The zero-order valence-corrected chi connectivity index (χ0v) is 13.1. The molecule has 0 saturated carbocycles. The number of nitrogens with zero attached hydrogens (tertiary/aromatic N) is 1. The third kappa shape index (κ3) is 5.45. The van der Waals surface area contributed by atoms with Gasteiger partial charge in [0.1, 0.15) is 5.75 Å². The van der Waals surface area contributed by atoms with Crippen LogP contribution in [0.1, 0.15) is 6.92 Å². The first-order valence-corrected chi connectivity index (χ1v) is 6.25. The van der Waals surface area contributed by atoms with Crippen molar-refractivity contribution < 1.29 is 9.53 Å². The van der Waals surface area contributed by atoms with Crippen LogP contribution in [0.15, 0.2) is 18.2 Å². The number of carbonyl (C=O) groups is 1. The molecule has 1 amide bonds. The van der Waals surface area contributed by atoms with Crippen LogP contribution in [0.3, 0.4) is 0 Å². The largest absolute Gasteiger partial charge is 0.482 e. The van der Waals surface area contributed by atoms with E-state index in [-0.39, 0.29) is 31.0 Å². The molecule has 0 spiro atoms. The Bertz CT molecular complexity index is 429. The van der Waals surface area contributed by atoms with Gasteiger partial charge in [-0.3, -0.25) is 4.79 Å². The summed E-state index contributed by atoms with van der Waals surface area (Å²) in [6, 6.07) is 4.82. The average Bonchev–Trinajstić information content (AvgIpc) is 2.37. The Balaban J connectivity index is 0.00000324. The number of benzene rings is 1. The van der Waals surface area contributed by atoms with Gasteiger partial charge in [-0.25, -0.2) is 0 Å². The second-order valence-electron chi connectivity index (χ2n) is 3.95. The van der Waals surface area contributed by atoms with Crippen LogP contribution in [0.4, 0.5) is 0 Å². The minimum Gasteiger partial charge on any atom is -0.482 e. The van der Waals surface area contributed by atoms with E-state index in [9.17, 15) is 4.79 Å². The van der Waals surface area contributed by atoms with Crippen LogP contribution in [-0.4, -0.2) is 37.0 Å². The van der Waals surface area contributed by atoms with Gasteiger partial charge in [0.15, 0.2) is 6.61 Å². The Hall–Kier alpha value is -0.680. The first-order chi connectivity index (χ1) is 8.45. The van der Waals surface area contributed by atoms with E-state index < -0.39 is 0 Å². The van der Waals surface area contributed by atoms with Gasteiger partial charge in [0.2, 0.25) is 0 Å². The van der Waals surface area contributed by atoms with E-state index in [1.165, 1.54) is 0 Å². The molecule has 7 heteroatoms. The number of nitrogens with two attached hydrogens (primary N) is 1. The molecule has 1 rings (SSSR count). The van der Waals surface area contributed by atoms with Crippen LogP contribution < -0.4 is 10.5 Å². The number of ether oxygens (including phenoxy) is 1. The third-order valence-corrected chi connectivity index (χ3v) is 3.19. The molecule has 4 nitrogen and oxygen atoms in total. The normalized spacial score (nSPS) is 11.4. The predicted octanol–water partition coefficient (Wildman–Crippen LogP) is 2.60. The molecule has 0 aliphatic heterocycles. The van der Waals surface area contributed by atoms with Crippen LogP contribution in [0.25, 0.3) is 0 Å². The smallest absolute Gasteiger partial charge is 0.260 e. The monoisotopic (exact) mass is 326 g/mol. The van der Waals surface area contributed by atoms with E-state index in [1.807, 2.05) is 6.92 Å². The van der Waals surface area contributed by atoms with Crippen molar-refractivity contribution in [2.24, 2.45) is 5.73 Å². The van der Waals surface area contributed by atoms with Gasteiger partial charge in [-0.05, 0) is 19.1 Å². The summed E-state index contributed by atoms with van der Waals surface area (Å²) in [4.78, 5) is 13.3. The van der Waals surface area contributed by atoms with E-state index in [1.54, 1.807) is 30.1 Å². The summed E-state index contributed by atoms with van der Waals surface area (Å²) in [5.41, 5.74) is 5.49. The maximum absolute atomic E-state index is 11.8. The topological polar surface area (TPSA) is 55.6 Å². The highest BCUT2D eigenvalue weighted by Crippen LogP contribution is 2.27. The Morgan fingerprint density at radius 2 is 2.11 bits per heavy atom. The van der Waals surface area contributed by atoms with Crippen molar-refractivity contribution in [1.82, 2.24) is 4.90 Å². The third-order valence-electron chi connectivity index (χ3n) is 2.64. The molecule has 0 saturated heterocycles. The molecule has 0 aliphatic carbocycles. The number of carbonyl (C=O) groups excluding carboxylic acids is 1. The minimum atomic E-state index is -0.163. The molecule has 1 unspecified atom stereocenters. The van der Waals surface area contributed by atoms with Gasteiger partial charge in [0.05, 0.1) is 5.02 Å². The lowest BCUT2D eigenvalue weighted by molar-refractivity contribution is -0.133. The zero-order chi connectivity index (χ0) is 13.7. The average molecular weight is 328 g/mol. The lowest BCUT2D eigenvalue weighted by atomic mass is 10.3. The molecule has 108 valence electrons. The molecular formula is C12H17Cl3N2O2. The second kappa shape index (κ2) is 8.48. The summed E-state index contributed by atoms with van der Waals surface area (Å²) in [7, 11) is 1.68. The molecular weight excluding hydrogens is 311 g/mol. The molecule has 0 heterocycles. The van der Waals surface area contributed by atoms with Gasteiger partial charge >= 0.3 is 0 Å². The van der Waals surface area contributed by atoms with Crippen molar-refractivity contribution in [3.63, 3.8) is 0 Å². The number of hydrogen-bond acceptors (Lipinski definition) is 3. The molecule has 0 bridgehead atoms. The Morgan fingerprint density at radius 1 is 1.47 bits per heavy atom. The molecule has 1 atom stereocenters. The van der Waals surface area contributed by atoms with Crippen LogP contribution in [0.2, 0.25) is 10.0 Å². The van der Waals surface area contributed by atoms with Crippen LogP contribution in [-0.2, 0) is 4.79 Å². The summed E-state index contributed by atoms with van der Waals surface area (Å²) in [5.74, 6) is 0.232. The molecule has 1 aromatic rings. The summed E-state index contributed by atoms with van der Waals surface area (Å²) in [6.45, 7) is 2.17. The highest BCUT2D eigenvalue weighted by atomic mass is 35.5. The SMILES string of the molecule is CC(CN)N(C)C(=O)COc1cc(Cl)ccc1Cl.Cl. The molecule has 19 heavy (non-hydrogen) atoms. The summed E-state index contributed by atoms with van der Waals surface area (Å²) in [5, 5.41) is 0.923. The van der Waals surface area contributed by atoms with Crippen molar-refractivity contribution in [2.45, 2.75) is 13.0 Å². The van der Waals surface area contributed by atoms with Crippen molar-refractivity contribution in [1.29, 1.82) is 0 Å². The fourth-order valence-corrected chi connectivity index (χ4v) is 1.57. The van der Waals surface area contributed by atoms with Gasteiger partial charge in [-0.15, -0.1) is 12.4 Å². The summed E-state index contributed by atoms with van der Waals surface area (Å²) >= 11 is 11.7. The maximum atomic E-state index is 11.8. The lowest BCUT2D eigenvalue weighted by Crippen LogP contribution is -2.42. The van der Waals surface area contributed by atoms with E-state index >= 15 is 0 Å². The van der Waals surface area contributed by atoms with E-state index in [2.05, 4.69) is 0 Å². The Kier molecular flexibility index (Phi) is 8.18. The highest BCUT2D eigenvalue weighted by molar-refractivity contribution is 6.34. The molecule has 0 aliphatic rings. The molecule has 2 N–H and O–H groups in total. The van der Waals surface area contributed by atoms with E-state index in [0.29, 0.717) is 22.3 Å². The van der Waals surface area contributed by atoms with Gasteiger partial charge in [-0.2, -0.15) is 0 Å². The van der Waals surface area contributed by atoms with Gasteiger partial charge in [-0.1, -0.05) is 23.2 Å². The van der Waals surface area contributed by atoms with E-state index in [4.69, 9.17) is 33.7 Å². The van der Waals surface area contributed by atoms with Crippen molar-refractivity contribution >= 4 is 41.5 Å². The second-order valence-corrected chi connectivity index (χ2v) is 4.80. The van der Waals surface area contributed by atoms with Gasteiger partial charge < -0.3 is 15.4 Å². The lowest BCUT2D eigenvalue weighted by Gasteiger charge is -2.23. The van der Waals surface area contributed by atoms with Crippen LogP contribution in [0, 0.1) is 0 Å². The van der Waals surface area contributed by atoms with Crippen molar-refractivity contribution in [3.8, 4) is 5.75 Å². The van der Waals surface area contributed by atoms with Crippen LogP contribution >= 0.6 is 35.6 Å². The van der Waals surface area contributed by atoms with Crippen molar-refractivity contribution in [3.05, 3.63) is 28.2 Å². The number of halogens is 3. The van der Waals surface area contributed by atoms with Gasteiger partial charge in [0.25, 0.3) is 5.91 Å². The summed E-state index contributed by atoms with van der Waals surface area (Å²) in [6.07, 6.45) is 0. The first kappa shape index (κ1) is 18.3. The predicted molar refractivity (Wildman–Crippen MR) is 80.5 cm³/mol. The summed E-state index contributed by atoms with van der Waals surface area (Å²) < 4.78 is 5.35. The number of amides is 1. The zero-order valence-electron chi connectivity index (χ0n) is 10.7. The van der Waals surface area contributed by atoms with Crippen LogP contribution in [0.5, 0.6) is 5.75 Å². The molecule has 0 radical (unpaired) electrons. The molecule has 0 fully saturated rings. The number of rotatable bonds is 5. The number of hydrogen-bond donors (Lipinski definition) is 1. The maximum Gasteiger partial charge on any atom is 0.260 e. The van der Waals surface area contributed by atoms with E-state index in [0.717, 1.165) is 0 Å². The highest BCUT2D eigenvalue weighted by Gasteiger charge is 2.15. The molecule has 0 aromatic heterocycles. The standard InChI is InChI=1S/C12H16Cl2N2O2.ClH/c1-8(6-15)16(2)12(17)7-18-11-5-9(13)3-4-10(11)14;/h3-5,8H,6-7,15H2,1-2H3;1H. The molecule has 1 aromatic carbocycles. The quantitative estimate of drug-likeness (QED) is 0.904. The Labute approximate surface area is 129 Å². The van der Waals surface area contributed by atoms with Crippen molar-refractivity contribution in [2.75, 3.05) is 20.2 Å². The fraction of sp³-hybridized carbons (Fsp3) is 0.417. The fourth-order valence-electron chi connectivity index (χ4n) is 1.23. The Morgan fingerprint density at radius 3 is 2.68 bits per heavy atom. The first-order valence-electron chi connectivity index (χ1n) is 5.49.